The minimum Gasteiger partial charge on any atom is -0.323 e. The van der Waals surface area contributed by atoms with Crippen molar-refractivity contribution in [2.75, 3.05) is 18.4 Å². The predicted molar refractivity (Wildman–Crippen MR) is 83.0 cm³/mol. The Morgan fingerprint density at radius 1 is 1.47 bits per heavy atom. The Balaban J connectivity index is 2.24. The lowest BCUT2D eigenvalue weighted by Gasteiger charge is -2.25. The van der Waals surface area contributed by atoms with Crippen LogP contribution < -0.4 is 10.6 Å². The van der Waals surface area contributed by atoms with Crippen LogP contribution in [0.5, 0.6) is 0 Å². The highest BCUT2D eigenvalue weighted by Crippen LogP contribution is 2.37. The zero-order chi connectivity index (χ0) is 14.0. The molecule has 0 aromatic heterocycles. The maximum absolute atomic E-state index is 12.5. The van der Waals surface area contributed by atoms with Crippen molar-refractivity contribution >= 4 is 50.7 Å². The SMILES string of the molecule is CCC1(C(=O)Nc2c(Cl)cc(Br)cc2Cl)CCNC1. The molecule has 1 heterocycles. The minimum atomic E-state index is -0.361. The average Bonchev–Trinajstić information content (AvgIpc) is 2.83. The first-order valence-electron chi connectivity index (χ1n) is 6.15. The number of halogens is 3. The Labute approximate surface area is 131 Å². The maximum Gasteiger partial charge on any atom is 0.231 e. The van der Waals surface area contributed by atoms with Crippen molar-refractivity contribution in [3.8, 4) is 0 Å². The van der Waals surface area contributed by atoms with Gasteiger partial charge in [0.2, 0.25) is 5.91 Å². The number of carbonyl (C=O) groups excluding carboxylic acids is 1. The molecule has 19 heavy (non-hydrogen) atoms. The second-order valence-corrected chi connectivity index (χ2v) is 6.49. The van der Waals surface area contributed by atoms with Gasteiger partial charge in [-0.15, -0.1) is 0 Å². The van der Waals surface area contributed by atoms with Crippen LogP contribution in [0.3, 0.4) is 0 Å². The molecule has 1 amide bonds. The normalized spacial score (nSPS) is 22.5. The molecule has 6 heteroatoms. The van der Waals surface area contributed by atoms with Crippen LogP contribution in [0.2, 0.25) is 10.0 Å². The lowest BCUT2D eigenvalue weighted by molar-refractivity contribution is -0.124. The average molecular weight is 366 g/mol. The van der Waals surface area contributed by atoms with Crippen LogP contribution in [0.15, 0.2) is 16.6 Å². The summed E-state index contributed by atoms with van der Waals surface area (Å²) >= 11 is 15.6. The molecule has 2 N–H and O–H groups in total. The van der Waals surface area contributed by atoms with Crippen LogP contribution in [0.4, 0.5) is 5.69 Å². The van der Waals surface area contributed by atoms with Crippen LogP contribution >= 0.6 is 39.1 Å². The van der Waals surface area contributed by atoms with Crippen molar-refractivity contribution in [1.29, 1.82) is 0 Å². The number of hydrogen-bond donors (Lipinski definition) is 2. The number of carbonyl (C=O) groups is 1. The first-order valence-corrected chi connectivity index (χ1v) is 7.70. The van der Waals surface area contributed by atoms with Crippen molar-refractivity contribution in [2.45, 2.75) is 19.8 Å². The molecule has 3 nitrogen and oxygen atoms in total. The summed E-state index contributed by atoms with van der Waals surface area (Å²) in [7, 11) is 0. The van der Waals surface area contributed by atoms with Gasteiger partial charge in [-0.3, -0.25) is 4.79 Å². The largest absolute Gasteiger partial charge is 0.323 e. The van der Waals surface area contributed by atoms with Gasteiger partial charge in [0.15, 0.2) is 0 Å². The van der Waals surface area contributed by atoms with Gasteiger partial charge in [0, 0.05) is 11.0 Å². The van der Waals surface area contributed by atoms with E-state index in [1.165, 1.54) is 0 Å². The van der Waals surface area contributed by atoms with Gasteiger partial charge in [-0.2, -0.15) is 0 Å². The molecule has 1 unspecified atom stereocenters. The quantitative estimate of drug-likeness (QED) is 0.847. The summed E-state index contributed by atoms with van der Waals surface area (Å²) < 4.78 is 0.785. The number of anilines is 1. The third-order valence-electron chi connectivity index (χ3n) is 3.65. The van der Waals surface area contributed by atoms with E-state index in [0.717, 1.165) is 23.9 Å². The number of amides is 1. The van der Waals surface area contributed by atoms with Gasteiger partial charge in [0.1, 0.15) is 0 Å². The summed E-state index contributed by atoms with van der Waals surface area (Å²) in [6.07, 6.45) is 1.62. The number of nitrogens with one attached hydrogen (secondary N) is 2. The van der Waals surface area contributed by atoms with Crippen LogP contribution in [0.25, 0.3) is 0 Å². The van der Waals surface area contributed by atoms with E-state index in [4.69, 9.17) is 23.2 Å². The van der Waals surface area contributed by atoms with Crippen LogP contribution in [-0.2, 0) is 4.79 Å². The van der Waals surface area contributed by atoms with Crippen LogP contribution in [0.1, 0.15) is 19.8 Å². The van der Waals surface area contributed by atoms with E-state index in [-0.39, 0.29) is 11.3 Å². The highest BCUT2D eigenvalue weighted by Gasteiger charge is 2.39. The molecule has 1 aliphatic heterocycles. The van der Waals surface area contributed by atoms with Crippen molar-refractivity contribution in [1.82, 2.24) is 5.32 Å². The molecule has 0 saturated carbocycles. The minimum absolute atomic E-state index is 0.0221. The Hall–Kier alpha value is -0.290. The standard InChI is InChI=1S/C13H15BrCl2N2O/c1-2-13(3-4-17-7-13)12(19)18-11-9(15)5-8(14)6-10(11)16/h5-6,17H,2-4,7H2,1H3,(H,18,19). The summed E-state index contributed by atoms with van der Waals surface area (Å²) in [5, 5.41) is 6.98. The van der Waals surface area contributed by atoms with Gasteiger partial charge in [-0.05, 0) is 31.5 Å². The van der Waals surface area contributed by atoms with Crippen LogP contribution in [-0.4, -0.2) is 19.0 Å². The molecule has 0 radical (unpaired) electrons. The van der Waals surface area contributed by atoms with E-state index in [2.05, 4.69) is 26.6 Å². The number of hydrogen-bond acceptors (Lipinski definition) is 2. The zero-order valence-corrected chi connectivity index (χ0v) is 13.6. The molecule has 0 spiro atoms. The fourth-order valence-corrected chi connectivity index (χ4v) is 3.61. The molecule has 1 saturated heterocycles. The molecule has 104 valence electrons. The molecule has 0 bridgehead atoms. The second-order valence-electron chi connectivity index (χ2n) is 4.76. The fourth-order valence-electron chi connectivity index (χ4n) is 2.31. The first kappa shape index (κ1) is 15.1. The van der Waals surface area contributed by atoms with Crippen molar-refractivity contribution in [3.05, 3.63) is 26.7 Å². The van der Waals surface area contributed by atoms with Gasteiger partial charge < -0.3 is 10.6 Å². The summed E-state index contributed by atoms with van der Waals surface area (Å²) in [4.78, 5) is 12.5. The smallest absolute Gasteiger partial charge is 0.231 e. The summed E-state index contributed by atoms with van der Waals surface area (Å²) in [6.45, 7) is 3.58. The molecule has 2 rings (SSSR count). The monoisotopic (exact) mass is 364 g/mol. The zero-order valence-electron chi connectivity index (χ0n) is 10.5. The van der Waals surface area contributed by atoms with Crippen LogP contribution in [0, 0.1) is 5.41 Å². The molecule has 1 aliphatic rings. The summed E-state index contributed by atoms with van der Waals surface area (Å²) in [5.74, 6) is -0.0221. The Morgan fingerprint density at radius 3 is 2.58 bits per heavy atom. The van der Waals surface area contributed by atoms with Gasteiger partial charge in [0.05, 0.1) is 21.1 Å². The Morgan fingerprint density at radius 2 is 2.11 bits per heavy atom. The van der Waals surface area contributed by atoms with E-state index in [0.29, 0.717) is 22.3 Å². The lowest BCUT2D eigenvalue weighted by atomic mass is 9.83. The second kappa shape index (κ2) is 6.00. The molecule has 1 fully saturated rings. The maximum atomic E-state index is 12.5. The summed E-state index contributed by atoms with van der Waals surface area (Å²) in [5.41, 5.74) is 0.121. The highest BCUT2D eigenvalue weighted by molar-refractivity contribution is 9.10. The van der Waals surface area contributed by atoms with Gasteiger partial charge >= 0.3 is 0 Å². The molecule has 1 aromatic carbocycles. The third kappa shape index (κ3) is 3.07. The topological polar surface area (TPSA) is 41.1 Å². The van der Waals surface area contributed by atoms with E-state index in [1.54, 1.807) is 12.1 Å². The van der Waals surface area contributed by atoms with Gasteiger partial charge in [0.25, 0.3) is 0 Å². The van der Waals surface area contributed by atoms with E-state index < -0.39 is 0 Å². The van der Waals surface area contributed by atoms with E-state index in [9.17, 15) is 4.79 Å². The predicted octanol–water partition coefficient (Wildman–Crippen LogP) is 4.08. The molecular formula is C13H15BrCl2N2O. The fraction of sp³-hybridized carbons (Fsp3) is 0.462. The lowest BCUT2D eigenvalue weighted by Crippen LogP contribution is -2.37. The number of rotatable bonds is 3. The van der Waals surface area contributed by atoms with Crippen molar-refractivity contribution in [2.24, 2.45) is 5.41 Å². The highest BCUT2D eigenvalue weighted by atomic mass is 79.9. The molecular weight excluding hydrogens is 351 g/mol. The third-order valence-corrected chi connectivity index (χ3v) is 4.70. The van der Waals surface area contributed by atoms with Gasteiger partial charge in [-0.1, -0.05) is 46.1 Å². The van der Waals surface area contributed by atoms with E-state index >= 15 is 0 Å². The molecule has 1 atom stereocenters. The van der Waals surface area contributed by atoms with E-state index in [1.807, 2.05) is 6.92 Å². The Kier molecular flexibility index (Phi) is 4.77. The van der Waals surface area contributed by atoms with Crippen molar-refractivity contribution in [3.63, 3.8) is 0 Å². The van der Waals surface area contributed by atoms with Gasteiger partial charge in [-0.25, -0.2) is 0 Å². The molecule has 0 aliphatic carbocycles. The molecule has 1 aromatic rings. The summed E-state index contributed by atoms with van der Waals surface area (Å²) in [6, 6.07) is 3.43. The first-order chi connectivity index (χ1) is 8.98. The number of benzene rings is 1. The van der Waals surface area contributed by atoms with Crippen molar-refractivity contribution < 1.29 is 4.79 Å². The Bertz CT molecular complexity index is 478.